The van der Waals surface area contributed by atoms with Gasteiger partial charge < -0.3 is 5.32 Å². The minimum Gasteiger partial charge on any atom is -0.325 e. The maximum atomic E-state index is 13.2. The first-order valence-corrected chi connectivity index (χ1v) is 11.7. The largest absolute Gasteiger partial charge is 0.325 e. The SMILES string of the molecule is Cc1ccc(-n2c(SCC(=O)Nc3cc(C)cc(C)c3)nc3c(c2=O)SCC3)cc1. The summed E-state index contributed by atoms with van der Waals surface area (Å²) in [6, 6.07) is 13.8. The van der Waals surface area contributed by atoms with Crippen molar-refractivity contribution < 1.29 is 4.79 Å². The highest BCUT2D eigenvalue weighted by Gasteiger charge is 2.23. The molecule has 5 nitrogen and oxygen atoms in total. The molecule has 0 fully saturated rings. The minimum absolute atomic E-state index is 0.0522. The Morgan fingerprint density at radius 2 is 1.80 bits per heavy atom. The van der Waals surface area contributed by atoms with Crippen LogP contribution in [0.15, 0.2) is 57.3 Å². The number of fused-ring (bicyclic) bond motifs is 1. The van der Waals surface area contributed by atoms with Crippen molar-refractivity contribution in [2.75, 3.05) is 16.8 Å². The highest BCUT2D eigenvalue weighted by atomic mass is 32.2. The van der Waals surface area contributed by atoms with Gasteiger partial charge in [-0.15, -0.1) is 11.8 Å². The van der Waals surface area contributed by atoms with Crippen LogP contribution in [0, 0.1) is 20.8 Å². The molecule has 1 aliphatic heterocycles. The summed E-state index contributed by atoms with van der Waals surface area (Å²) < 4.78 is 1.63. The molecule has 154 valence electrons. The number of nitrogens with zero attached hydrogens (tertiary/aromatic N) is 2. The molecule has 0 radical (unpaired) electrons. The summed E-state index contributed by atoms with van der Waals surface area (Å²) in [7, 11) is 0. The van der Waals surface area contributed by atoms with E-state index >= 15 is 0 Å². The predicted molar refractivity (Wildman–Crippen MR) is 124 cm³/mol. The first kappa shape index (κ1) is 20.8. The summed E-state index contributed by atoms with van der Waals surface area (Å²) in [5, 5.41) is 3.50. The number of hydrogen-bond donors (Lipinski definition) is 1. The molecule has 0 unspecified atom stereocenters. The van der Waals surface area contributed by atoms with E-state index in [-0.39, 0.29) is 17.2 Å². The lowest BCUT2D eigenvalue weighted by Gasteiger charge is -2.14. The molecule has 0 saturated heterocycles. The number of nitrogens with one attached hydrogen (secondary N) is 1. The molecule has 30 heavy (non-hydrogen) atoms. The number of benzene rings is 2. The van der Waals surface area contributed by atoms with Crippen LogP contribution in [0.2, 0.25) is 0 Å². The number of anilines is 1. The van der Waals surface area contributed by atoms with E-state index < -0.39 is 0 Å². The first-order valence-electron chi connectivity index (χ1n) is 9.77. The van der Waals surface area contributed by atoms with Gasteiger partial charge in [-0.05, 0) is 56.2 Å². The molecule has 0 saturated carbocycles. The van der Waals surface area contributed by atoms with E-state index in [9.17, 15) is 9.59 Å². The average molecular weight is 438 g/mol. The molecule has 1 N–H and O–H groups in total. The number of carbonyl (C=O) groups excluding carboxylic acids is 1. The van der Waals surface area contributed by atoms with Crippen LogP contribution in [0.1, 0.15) is 22.4 Å². The second-order valence-corrected chi connectivity index (χ2v) is 9.51. The van der Waals surface area contributed by atoms with Crippen molar-refractivity contribution in [3.8, 4) is 5.69 Å². The van der Waals surface area contributed by atoms with Gasteiger partial charge in [-0.1, -0.05) is 35.5 Å². The summed E-state index contributed by atoms with van der Waals surface area (Å²) >= 11 is 2.85. The summed E-state index contributed by atoms with van der Waals surface area (Å²) in [6.45, 7) is 6.02. The van der Waals surface area contributed by atoms with E-state index in [2.05, 4.69) is 11.4 Å². The van der Waals surface area contributed by atoms with E-state index in [0.29, 0.717) is 5.16 Å². The Labute approximate surface area is 184 Å². The molecule has 2 heterocycles. The van der Waals surface area contributed by atoms with E-state index in [1.54, 1.807) is 16.3 Å². The molecule has 3 aromatic rings. The molecule has 1 aliphatic rings. The molecule has 7 heteroatoms. The van der Waals surface area contributed by atoms with Crippen molar-refractivity contribution in [2.24, 2.45) is 0 Å². The van der Waals surface area contributed by atoms with Gasteiger partial charge in [0.25, 0.3) is 5.56 Å². The van der Waals surface area contributed by atoms with Crippen LogP contribution >= 0.6 is 23.5 Å². The highest BCUT2D eigenvalue weighted by Crippen LogP contribution is 2.30. The van der Waals surface area contributed by atoms with Crippen LogP contribution in [0.25, 0.3) is 5.69 Å². The Morgan fingerprint density at radius 1 is 1.10 bits per heavy atom. The fourth-order valence-corrected chi connectivity index (χ4v) is 5.34. The van der Waals surface area contributed by atoms with Crippen molar-refractivity contribution in [1.29, 1.82) is 0 Å². The van der Waals surface area contributed by atoms with Crippen LogP contribution in [0.3, 0.4) is 0 Å². The Balaban J connectivity index is 1.60. The highest BCUT2D eigenvalue weighted by molar-refractivity contribution is 8.00. The van der Waals surface area contributed by atoms with Crippen LogP contribution in [-0.4, -0.2) is 27.0 Å². The number of rotatable bonds is 5. The first-order chi connectivity index (χ1) is 14.4. The molecule has 2 aromatic carbocycles. The van der Waals surface area contributed by atoms with E-state index in [4.69, 9.17) is 4.98 Å². The molecule has 0 spiro atoms. The second-order valence-electron chi connectivity index (χ2n) is 7.46. The summed E-state index contributed by atoms with van der Waals surface area (Å²) in [4.78, 5) is 31.2. The van der Waals surface area contributed by atoms with E-state index in [0.717, 1.165) is 50.8 Å². The van der Waals surface area contributed by atoms with E-state index in [1.165, 1.54) is 11.8 Å². The maximum Gasteiger partial charge on any atom is 0.272 e. The smallest absolute Gasteiger partial charge is 0.272 e. The molecule has 0 atom stereocenters. The van der Waals surface area contributed by atoms with Crippen LogP contribution in [0.5, 0.6) is 0 Å². The molecule has 1 amide bonds. The molecule has 4 rings (SSSR count). The molecule has 0 bridgehead atoms. The van der Waals surface area contributed by atoms with Gasteiger partial charge >= 0.3 is 0 Å². The van der Waals surface area contributed by atoms with Crippen LogP contribution in [0.4, 0.5) is 5.69 Å². The van der Waals surface area contributed by atoms with Crippen LogP contribution in [-0.2, 0) is 11.2 Å². The Kier molecular flexibility index (Phi) is 6.01. The zero-order valence-electron chi connectivity index (χ0n) is 17.2. The number of amides is 1. The van der Waals surface area contributed by atoms with Gasteiger partial charge in [-0.3, -0.25) is 14.2 Å². The lowest BCUT2D eigenvalue weighted by Crippen LogP contribution is -2.24. The third-order valence-electron chi connectivity index (χ3n) is 4.80. The number of thioether (sulfide) groups is 2. The molecule has 0 aliphatic carbocycles. The van der Waals surface area contributed by atoms with Gasteiger partial charge in [-0.2, -0.15) is 0 Å². The quantitative estimate of drug-likeness (QED) is 0.469. The number of hydrogen-bond acceptors (Lipinski definition) is 5. The van der Waals surface area contributed by atoms with Gasteiger partial charge in [0.1, 0.15) is 0 Å². The lowest BCUT2D eigenvalue weighted by molar-refractivity contribution is -0.113. The normalized spacial score (nSPS) is 12.6. The number of aromatic nitrogens is 2. The van der Waals surface area contributed by atoms with Gasteiger partial charge in [0.2, 0.25) is 5.91 Å². The maximum absolute atomic E-state index is 13.2. The molecular weight excluding hydrogens is 414 g/mol. The van der Waals surface area contributed by atoms with Crippen molar-refractivity contribution in [2.45, 2.75) is 37.2 Å². The van der Waals surface area contributed by atoms with Crippen molar-refractivity contribution in [3.05, 3.63) is 75.2 Å². The Morgan fingerprint density at radius 3 is 2.50 bits per heavy atom. The van der Waals surface area contributed by atoms with Crippen molar-refractivity contribution in [1.82, 2.24) is 9.55 Å². The van der Waals surface area contributed by atoms with Crippen molar-refractivity contribution in [3.63, 3.8) is 0 Å². The third-order valence-corrected chi connectivity index (χ3v) is 6.84. The summed E-state index contributed by atoms with van der Waals surface area (Å²) in [6.07, 6.45) is 0.784. The monoisotopic (exact) mass is 437 g/mol. The minimum atomic E-state index is -0.121. The predicted octanol–water partition coefficient (Wildman–Crippen LogP) is 4.54. The lowest BCUT2D eigenvalue weighted by atomic mass is 10.1. The van der Waals surface area contributed by atoms with Gasteiger partial charge in [0.05, 0.1) is 22.0 Å². The van der Waals surface area contributed by atoms with Crippen LogP contribution < -0.4 is 10.9 Å². The second kappa shape index (κ2) is 8.70. The Bertz CT molecular complexity index is 1150. The Hall–Kier alpha value is -2.51. The number of aryl methyl sites for hydroxylation is 4. The van der Waals surface area contributed by atoms with Gasteiger partial charge in [-0.25, -0.2) is 4.98 Å². The summed E-state index contributed by atoms with van der Waals surface area (Å²) in [5.74, 6) is 0.925. The summed E-state index contributed by atoms with van der Waals surface area (Å²) in [5.41, 5.74) is 5.66. The van der Waals surface area contributed by atoms with E-state index in [1.807, 2.05) is 57.2 Å². The zero-order chi connectivity index (χ0) is 21.3. The molecular formula is C23H23N3O2S2. The average Bonchev–Trinajstić information content (AvgIpc) is 3.16. The van der Waals surface area contributed by atoms with Gasteiger partial charge in [0, 0.05) is 17.9 Å². The fourth-order valence-electron chi connectivity index (χ4n) is 3.48. The van der Waals surface area contributed by atoms with Gasteiger partial charge in [0.15, 0.2) is 5.16 Å². The molecule has 1 aromatic heterocycles. The standard InChI is InChI=1S/C23H23N3O2S2/c1-14-4-6-18(7-5-14)26-22(28)21-19(8-9-29-21)25-23(26)30-13-20(27)24-17-11-15(2)10-16(3)12-17/h4-7,10-12H,8-9,13H2,1-3H3,(H,24,27). The third kappa shape index (κ3) is 4.47. The topological polar surface area (TPSA) is 64.0 Å². The van der Waals surface area contributed by atoms with Crippen molar-refractivity contribution >= 4 is 35.1 Å². The zero-order valence-corrected chi connectivity index (χ0v) is 18.8. The fraction of sp³-hybridized carbons (Fsp3) is 0.261. The number of carbonyl (C=O) groups is 1.